The van der Waals surface area contributed by atoms with Crippen molar-refractivity contribution in [1.82, 2.24) is 14.5 Å². The van der Waals surface area contributed by atoms with Crippen LogP contribution in [-0.4, -0.2) is 26.9 Å². The molecule has 4 heteroatoms. The van der Waals surface area contributed by atoms with E-state index in [0.29, 0.717) is 12.5 Å². The lowest BCUT2D eigenvalue weighted by Gasteiger charge is -2.24. The molecule has 0 fully saturated rings. The molecule has 0 spiro atoms. The predicted molar refractivity (Wildman–Crippen MR) is 115 cm³/mol. The third-order valence-electron chi connectivity index (χ3n) is 5.04. The molecule has 0 N–H and O–H groups in total. The van der Waals surface area contributed by atoms with Gasteiger partial charge in [-0.1, -0.05) is 50.6 Å². The quantitative estimate of drug-likeness (QED) is 0.524. The highest BCUT2D eigenvalue weighted by Gasteiger charge is 2.20. The van der Waals surface area contributed by atoms with Crippen LogP contribution in [0.4, 0.5) is 0 Å². The van der Waals surface area contributed by atoms with E-state index in [1.54, 1.807) is 0 Å². The number of rotatable bonds is 8. The van der Waals surface area contributed by atoms with E-state index < -0.39 is 0 Å². The molecular formula is C24H31N3O. The summed E-state index contributed by atoms with van der Waals surface area (Å²) in [6, 6.07) is 16.1. The maximum absolute atomic E-state index is 13.3. The Balaban J connectivity index is 1.94. The summed E-state index contributed by atoms with van der Waals surface area (Å²) >= 11 is 0. The number of para-hydroxylation sites is 2. The largest absolute Gasteiger partial charge is 0.331 e. The van der Waals surface area contributed by atoms with Gasteiger partial charge < -0.3 is 9.47 Å². The standard InChI is InChI=1S/C24H31N3O/c1-5-14-27-22-12-7-6-11-21(22)25-23(27)17-26(15-13-18(2)3)24(28)20-10-8-9-19(4)16-20/h6-12,16,18H,5,13-15,17H2,1-4H3. The molecule has 0 unspecified atom stereocenters. The van der Waals surface area contributed by atoms with Gasteiger partial charge in [-0.2, -0.15) is 0 Å². The number of fused-ring (bicyclic) bond motifs is 1. The molecule has 0 saturated carbocycles. The van der Waals surface area contributed by atoms with Crippen molar-refractivity contribution < 1.29 is 4.79 Å². The summed E-state index contributed by atoms with van der Waals surface area (Å²) in [5, 5.41) is 0. The zero-order valence-electron chi connectivity index (χ0n) is 17.5. The Kier molecular flexibility index (Phi) is 6.50. The zero-order chi connectivity index (χ0) is 20.1. The van der Waals surface area contributed by atoms with E-state index in [9.17, 15) is 4.79 Å². The van der Waals surface area contributed by atoms with E-state index in [0.717, 1.165) is 53.9 Å². The molecule has 148 valence electrons. The summed E-state index contributed by atoms with van der Waals surface area (Å²) in [6.45, 7) is 10.8. The van der Waals surface area contributed by atoms with Crippen molar-refractivity contribution in [2.24, 2.45) is 5.92 Å². The highest BCUT2D eigenvalue weighted by Crippen LogP contribution is 2.20. The lowest BCUT2D eigenvalue weighted by molar-refractivity contribution is 0.0729. The van der Waals surface area contributed by atoms with Crippen LogP contribution in [0.15, 0.2) is 48.5 Å². The van der Waals surface area contributed by atoms with Crippen LogP contribution in [0.2, 0.25) is 0 Å². The first-order valence-electron chi connectivity index (χ1n) is 10.3. The van der Waals surface area contributed by atoms with Crippen LogP contribution in [-0.2, 0) is 13.1 Å². The molecule has 28 heavy (non-hydrogen) atoms. The Morgan fingerprint density at radius 1 is 1.14 bits per heavy atom. The van der Waals surface area contributed by atoms with Crippen molar-refractivity contribution in [1.29, 1.82) is 0 Å². The molecule has 0 bridgehead atoms. The molecule has 1 amide bonds. The summed E-state index contributed by atoms with van der Waals surface area (Å²) < 4.78 is 2.27. The molecule has 1 aromatic heterocycles. The SMILES string of the molecule is CCCn1c(CN(CCC(C)C)C(=O)c2cccc(C)c2)nc2ccccc21. The van der Waals surface area contributed by atoms with Crippen molar-refractivity contribution in [3.05, 3.63) is 65.5 Å². The molecule has 0 atom stereocenters. The normalized spacial score (nSPS) is 11.3. The molecule has 3 rings (SSSR count). The van der Waals surface area contributed by atoms with Crippen LogP contribution in [0.1, 0.15) is 55.4 Å². The summed E-state index contributed by atoms with van der Waals surface area (Å²) in [5.74, 6) is 1.59. The van der Waals surface area contributed by atoms with Gasteiger partial charge in [-0.25, -0.2) is 4.98 Å². The van der Waals surface area contributed by atoms with Crippen LogP contribution >= 0.6 is 0 Å². The molecule has 0 saturated heterocycles. The second kappa shape index (κ2) is 9.05. The Hall–Kier alpha value is -2.62. The number of aryl methyl sites for hydroxylation is 2. The van der Waals surface area contributed by atoms with Crippen LogP contribution in [0.25, 0.3) is 11.0 Å². The summed E-state index contributed by atoms with van der Waals surface area (Å²) in [6.07, 6.45) is 2.01. The van der Waals surface area contributed by atoms with Crippen LogP contribution in [0, 0.1) is 12.8 Å². The van der Waals surface area contributed by atoms with Crippen LogP contribution in [0.5, 0.6) is 0 Å². The smallest absolute Gasteiger partial charge is 0.254 e. The minimum absolute atomic E-state index is 0.0828. The third-order valence-corrected chi connectivity index (χ3v) is 5.04. The monoisotopic (exact) mass is 377 g/mol. The first kappa shape index (κ1) is 20.1. The minimum Gasteiger partial charge on any atom is -0.331 e. The number of carbonyl (C=O) groups excluding carboxylic acids is 1. The topological polar surface area (TPSA) is 38.1 Å². The second-order valence-electron chi connectivity index (χ2n) is 7.95. The van der Waals surface area contributed by atoms with E-state index in [2.05, 4.69) is 31.4 Å². The predicted octanol–water partition coefficient (Wildman–Crippen LogP) is 5.44. The summed E-state index contributed by atoms with van der Waals surface area (Å²) in [5.41, 5.74) is 4.00. The maximum Gasteiger partial charge on any atom is 0.254 e. The van der Waals surface area contributed by atoms with Crippen molar-refractivity contribution in [2.75, 3.05) is 6.54 Å². The number of hydrogen-bond acceptors (Lipinski definition) is 2. The van der Waals surface area contributed by atoms with Crippen molar-refractivity contribution >= 4 is 16.9 Å². The number of nitrogens with zero attached hydrogens (tertiary/aromatic N) is 3. The van der Waals surface area contributed by atoms with Gasteiger partial charge in [-0.3, -0.25) is 4.79 Å². The van der Waals surface area contributed by atoms with Gasteiger partial charge in [-0.15, -0.1) is 0 Å². The highest BCUT2D eigenvalue weighted by molar-refractivity contribution is 5.94. The van der Waals surface area contributed by atoms with Crippen molar-refractivity contribution in [3.63, 3.8) is 0 Å². The Morgan fingerprint density at radius 2 is 1.93 bits per heavy atom. The van der Waals surface area contributed by atoms with E-state index in [1.807, 2.05) is 54.3 Å². The zero-order valence-corrected chi connectivity index (χ0v) is 17.5. The van der Waals surface area contributed by atoms with Gasteiger partial charge in [0.1, 0.15) is 5.82 Å². The average Bonchev–Trinajstić information content (AvgIpc) is 3.02. The molecular weight excluding hydrogens is 346 g/mol. The van der Waals surface area contributed by atoms with E-state index >= 15 is 0 Å². The number of carbonyl (C=O) groups is 1. The number of benzene rings is 2. The molecule has 0 aliphatic rings. The fourth-order valence-corrected chi connectivity index (χ4v) is 3.52. The lowest BCUT2D eigenvalue weighted by atomic mass is 10.1. The maximum atomic E-state index is 13.3. The Morgan fingerprint density at radius 3 is 2.64 bits per heavy atom. The first-order valence-corrected chi connectivity index (χ1v) is 10.3. The van der Waals surface area contributed by atoms with Gasteiger partial charge in [0.25, 0.3) is 5.91 Å². The Bertz CT molecular complexity index is 942. The highest BCUT2D eigenvalue weighted by atomic mass is 16.2. The molecule has 0 aliphatic heterocycles. The molecule has 4 nitrogen and oxygen atoms in total. The lowest BCUT2D eigenvalue weighted by Crippen LogP contribution is -2.33. The third kappa shape index (κ3) is 4.61. The Labute approximate surface area is 168 Å². The van der Waals surface area contributed by atoms with Crippen molar-refractivity contribution in [3.8, 4) is 0 Å². The molecule has 0 aliphatic carbocycles. The van der Waals surface area contributed by atoms with Crippen molar-refractivity contribution in [2.45, 2.75) is 53.6 Å². The number of hydrogen-bond donors (Lipinski definition) is 0. The van der Waals surface area contributed by atoms with Crippen LogP contribution in [0.3, 0.4) is 0 Å². The van der Waals surface area contributed by atoms with E-state index in [4.69, 9.17) is 4.98 Å². The molecule has 1 heterocycles. The fraction of sp³-hybridized carbons (Fsp3) is 0.417. The molecule has 3 aromatic rings. The molecule has 2 aromatic carbocycles. The van der Waals surface area contributed by atoms with Crippen LogP contribution < -0.4 is 0 Å². The van der Waals surface area contributed by atoms with Gasteiger partial charge in [0.15, 0.2) is 0 Å². The van der Waals surface area contributed by atoms with Gasteiger partial charge >= 0.3 is 0 Å². The molecule has 0 radical (unpaired) electrons. The fourth-order valence-electron chi connectivity index (χ4n) is 3.52. The second-order valence-corrected chi connectivity index (χ2v) is 7.95. The minimum atomic E-state index is 0.0828. The summed E-state index contributed by atoms with van der Waals surface area (Å²) in [4.78, 5) is 20.1. The van der Waals surface area contributed by atoms with Gasteiger partial charge in [-0.05, 0) is 49.9 Å². The number of amides is 1. The van der Waals surface area contributed by atoms with E-state index in [-0.39, 0.29) is 5.91 Å². The van der Waals surface area contributed by atoms with E-state index in [1.165, 1.54) is 0 Å². The van der Waals surface area contributed by atoms with Gasteiger partial charge in [0.2, 0.25) is 0 Å². The first-order chi connectivity index (χ1) is 13.5. The number of aromatic nitrogens is 2. The summed E-state index contributed by atoms with van der Waals surface area (Å²) in [7, 11) is 0. The number of imidazole rings is 1. The van der Waals surface area contributed by atoms with Gasteiger partial charge in [0.05, 0.1) is 17.6 Å². The van der Waals surface area contributed by atoms with Gasteiger partial charge in [0, 0.05) is 18.7 Å². The average molecular weight is 378 g/mol.